The first-order valence-electron chi connectivity index (χ1n) is 5.41. The van der Waals surface area contributed by atoms with Crippen molar-refractivity contribution in [1.29, 1.82) is 0 Å². The van der Waals surface area contributed by atoms with Crippen LogP contribution in [0.25, 0.3) is 0 Å². The molecule has 0 unspecified atom stereocenters. The minimum Gasteiger partial charge on any atom is -0.398 e. The minimum atomic E-state index is -3.47. The summed E-state index contributed by atoms with van der Waals surface area (Å²) in [5, 5.41) is 0. The van der Waals surface area contributed by atoms with Gasteiger partial charge in [-0.1, -0.05) is 0 Å². The summed E-state index contributed by atoms with van der Waals surface area (Å²) in [6.07, 6.45) is 0. The van der Waals surface area contributed by atoms with Gasteiger partial charge >= 0.3 is 0 Å². The van der Waals surface area contributed by atoms with E-state index in [0.717, 1.165) is 0 Å². The molecule has 1 rings (SSSR count). The Kier molecular flexibility index (Phi) is 5.15. The van der Waals surface area contributed by atoms with Crippen molar-refractivity contribution >= 4 is 31.6 Å². The largest absolute Gasteiger partial charge is 0.398 e. The van der Waals surface area contributed by atoms with Crippen molar-refractivity contribution in [1.82, 2.24) is 9.21 Å². The van der Waals surface area contributed by atoms with E-state index < -0.39 is 10.0 Å². The van der Waals surface area contributed by atoms with E-state index in [-0.39, 0.29) is 4.90 Å². The normalized spacial score (nSPS) is 12.3. The highest BCUT2D eigenvalue weighted by atomic mass is 79.9. The van der Waals surface area contributed by atoms with E-state index in [2.05, 4.69) is 15.9 Å². The van der Waals surface area contributed by atoms with Crippen LogP contribution in [0.1, 0.15) is 0 Å². The van der Waals surface area contributed by atoms with Gasteiger partial charge in [-0.25, -0.2) is 8.42 Å². The van der Waals surface area contributed by atoms with Gasteiger partial charge in [0.05, 0.1) is 4.90 Å². The van der Waals surface area contributed by atoms with E-state index in [1.165, 1.54) is 10.4 Å². The third kappa shape index (κ3) is 3.68. The maximum atomic E-state index is 12.2. The summed E-state index contributed by atoms with van der Waals surface area (Å²) in [5.74, 6) is 0. The van der Waals surface area contributed by atoms with Crippen LogP contribution in [-0.4, -0.2) is 51.9 Å². The first-order valence-corrected chi connectivity index (χ1v) is 7.64. The fourth-order valence-corrected chi connectivity index (χ4v) is 2.77. The molecule has 0 heterocycles. The number of hydrogen-bond donors (Lipinski definition) is 1. The van der Waals surface area contributed by atoms with Gasteiger partial charge in [-0.05, 0) is 48.2 Å². The van der Waals surface area contributed by atoms with Gasteiger partial charge in [-0.2, -0.15) is 4.31 Å². The van der Waals surface area contributed by atoms with Crippen molar-refractivity contribution in [2.24, 2.45) is 0 Å². The molecule has 7 heteroatoms. The van der Waals surface area contributed by atoms with Crippen molar-refractivity contribution < 1.29 is 8.42 Å². The van der Waals surface area contributed by atoms with Crippen molar-refractivity contribution in [3.8, 4) is 0 Å². The van der Waals surface area contributed by atoms with E-state index in [9.17, 15) is 8.42 Å². The van der Waals surface area contributed by atoms with Crippen molar-refractivity contribution in [2.75, 3.05) is 40.0 Å². The summed E-state index contributed by atoms with van der Waals surface area (Å²) in [4.78, 5) is 2.14. The SMILES string of the molecule is CN(C)CCN(C)S(=O)(=O)c1ccc(Br)c(N)c1. The highest BCUT2D eigenvalue weighted by molar-refractivity contribution is 9.10. The molecule has 0 bridgehead atoms. The third-order valence-electron chi connectivity index (χ3n) is 2.54. The molecule has 1 aromatic rings. The summed E-state index contributed by atoms with van der Waals surface area (Å²) in [6.45, 7) is 1.10. The maximum Gasteiger partial charge on any atom is 0.242 e. The molecule has 102 valence electrons. The monoisotopic (exact) mass is 335 g/mol. The number of anilines is 1. The van der Waals surface area contributed by atoms with Crippen LogP contribution in [0.5, 0.6) is 0 Å². The second-order valence-electron chi connectivity index (χ2n) is 4.31. The van der Waals surface area contributed by atoms with Crippen molar-refractivity contribution in [3.05, 3.63) is 22.7 Å². The Morgan fingerprint density at radius 2 is 1.83 bits per heavy atom. The zero-order chi connectivity index (χ0) is 13.9. The second kappa shape index (κ2) is 6.01. The Hall–Kier alpha value is -0.630. The van der Waals surface area contributed by atoms with Gasteiger partial charge < -0.3 is 10.6 Å². The van der Waals surface area contributed by atoms with Crippen LogP contribution in [0.15, 0.2) is 27.6 Å². The summed E-state index contributed by atoms with van der Waals surface area (Å²) in [5.41, 5.74) is 6.12. The Bertz CT molecular complexity index is 517. The third-order valence-corrected chi connectivity index (χ3v) is 5.11. The lowest BCUT2D eigenvalue weighted by atomic mass is 10.3. The van der Waals surface area contributed by atoms with Gasteiger partial charge in [-0.15, -0.1) is 0 Å². The maximum absolute atomic E-state index is 12.2. The molecule has 1 aromatic carbocycles. The van der Waals surface area contributed by atoms with E-state index in [0.29, 0.717) is 23.2 Å². The predicted octanol–water partition coefficient (Wildman–Crippen LogP) is 1.21. The Morgan fingerprint density at radius 1 is 1.22 bits per heavy atom. The molecule has 0 radical (unpaired) electrons. The average molecular weight is 336 g/mol. The molecule has 0 aliphatic heterocycles. The van der Waals surface area contributed by atoms with Crippen molar-refractivity contribution in [3.63, 3.8) is 0 Å². The van der Waals surface area contributed by atoms with Gasteiger partial charge in [0.2, 0.25) is 10.0 Å². The number of sulfonamides is 1. The lowest BCUT2D eigenvalue weighted by Gasteiger charge is -2.19. The number of halogens is 1. The molecule has 0 atom stereocenters. The van der Waals surface area contributed by atoms with Crippen LogP contribution in [0.4, 0.5) is 5.69 Å². The summed E-state index contributed by atoms with van der Waals surface area (Å²) >= 11 is 3.24. The standard InChI is InChI=1S/C11H18BrN3O2S/c1-14(2)6-7-15(3)18(16,17)9-4-5-10(12)11(13)8-9/h4-5,8H,6-7,13H2,1-3H3. The number of likely N-dealkylation sites (N-methyl/N-ethyl adjacent to an activating group) is 2. The number of rotatable bonds is 5. The Balaban J connectivity index is 2.95. The molecule has 0 aromatic heterocycles. The first kappa shape index (κ1) is 15.4. The molecule has 5 nitrogen and oxygen atoms in total. The second-order valence-corrected chi connectivity index (χ2v) is 7.21. The van der Waals surface area contributed by atoms with Crippen LogP contribution in [0.3, 0.4) is 0 Å². The number of benzene rings is 1. The Labute approximate surface area is 117 Å². The van der Waals surface area contributed by atoms with Gasteiger partial charge in [0.1, 0.15) is 0 Å². The van der Waals surface area contributed by atoms with Crippen LogP contribution in [-0.2, 0) is 10.0 Å². The van der Waals surface area contributed by atoms with E-state index in [4.69, 9.17) is 5.73 Å². The number of nitrogens with zero attached hydrogens (tertiary/aromatic N) is 2. The van der Waals surface area contributed by atoms with E-state index in [1.807, 2.05) is 19.0 Å². The van der Waals surface area contributed by atoms with Crippen LogP contribution in [0, 0.1) is 0 Å². The van der Waals surface area contributed by atoms with Crippen LogP contribution < -0.4 is 5.73 Å². The zero-order valence-corrected chi connectivity index (χ0v) is 13.1. The van der Waals surface area contributed by atoms with Gasteiger partial charge in [0, 0.05) is 30.3 Å². The lowest BCUT2D eigenvalue weighted by Crippen LogP contribution is -2.33. The smallest absolute Gasteiger partial charge is 0.242 e. The van der Waals surface area contributed by atoms with E-state index in [1.54, 1.807) is 19.2 Å². The molecule has 0 fully saturated rings. The van der Waals surface area contributed by atoms with E-state index >= 15 is 0 Å². The van der Waals surface area contributed by atoms with Gasteiger partial charge in [-0.3, -0.25) is 0 Å². The highest BCUT2D eigenvalue weighted by Crippen LogP contribution is 2.24. The predicted molar refractivity (Wildman–Crippen MR) is 76.9 cm³/mol. The van der Waals surface area contributed by atoms with Crippen LogP contribution in [0.2, 0.25) is 0 Å². The summed E-state index contributed by atoms with van der Waals surface area (Å²) in [6, 6.07) is 4.65. The highest BCUT2D eigenvalue weighted by Gasteiger charge is 2.21. The molecule has 0 amide bonds. The number of nitrogens with two attached hydrogens (primary N) is 1. The molecule has 0 spiro atoms. The lowest BCUT2D eigenvalue weighted by molar-refractivity contribution is 0.358. The molecule has 0 aliphatic carbocycles. The van der Waals surface area contributed by atoms with Gasteiger partial charge in [0.25, 0.3) is 0 Å². The zero-order valence-electron chi connectivity index (χ0n) is 10.7. The molecular weight excluding hydrogens is 318 g/mol. The summed E-state index contributed by atoms with van der Waals surface area (Å²) in [7, 11) is 1.90. The van der Waals surface area contributed by atoms with Crippen LogP contribution >= 0.6 is 15.9 Å². The quantitative estimate of drug-likeness (QED) is 0.821. The minimum absolute atomic E-state index is 0.212. The molecule has 2 N–H and O–H groups in total. The number of nitrogen functional groups attached to an aromatic ring is 1. The molecule has 0 saturated heterocycles. The molecule has 18 heavy (non-hydrogen) atoms. The molecule has 0 saturated carbocycles. The van der Waals surface area contributed by atoms with Crippen molar-refractivity contribution in [2.45, 2.75) is 4.90 Å². The molecular formula is C11H18BrN3O2S. The molecule has 0 aliphatic rings. The Morgan fingerprint density at radius 3 is 2.33 bits per heavy atom. The van der Waals surface area contributed by atoms with Gasteiger partial charge in [0.15, 0.2) is 0 Å². The topological polar surface area (TPSA) is 66.6 Å². The fraction of sp³-hybridized carbons (Fsp3) is 0.455. The first-order chi connectivity index (χ1) is 8.25. The average Bonchev–Trinajstić information content (AvgIpc) is 2.29. The fourth-order valence-electron chi connectivity index (χ4n) is 1.32. The number of hydrogen-bond acceptors (Lipinski definition) is 4. The summed E-state index contributed by atoms with van der Waals surface area (Å²) < 4.78 is 26.5.